The highest BCUT2D eigenvalue weighted by molar-refractivity contribution is 6.04. The Morgan fingerprint density at radius 2 is 1.73 bits per heavy atom. The molecule has 0 amide bonds. The number of aryl methyl sites for hydroxylation is 3. The van der Waals surface area contributed by atoms with Gasteiger partial charge in [-0.2, -0.15) is 0 Å². The molecule has 26 heavy (non-hydrogen) atoms. The summed E-state index contributed by atoms with van der Waals surface area (Å²) < 4.78 is 6.53. The summed E-state index contributed by atoms with van der Waals surface area (Å²) in [5.74, 6) is 0.950. The van der Waals surface area contributed by atoms with Gasteiger partial charge in [0.15, 0.2) is 6.23 Å². The van der Waals surface area contributed by atoms with E-state index in [0.717, 1.165) is 41.1 Å². The number of allylic oxidation sites excluding steroid dienone is 1. The number of nitrogens with zero attached hydrogens (tertiary/aromatic N) is 1. The minimum Gasteiger partial charge on any atom is -0.468 e. The molecule has 1 aliphatic heterocycles. The highest BCUT2D eigenvalue weighted by Gasteiger charge is 2.42. The fourth-order valence-corrected chi connectivity index (χ4v) is 3.60. The molecule has 4 heteroatoms. The van der Waals surface area contributed by atoms with Gasteiger partial charge in [-0.15, -0.1) is 0 Å². The number of aliphatic imine (C=N–C) groups is 1. The number of benzene rings is 1. The molecule has 2 unspecified atom stereocenters. The molecule has 1 aromatic carbocycles. The lowest BCUT2D eigenvalue weighted by molar-refractivity contribution is 0.108. The second-order valence-electron chi connectivity index (χ2n) is 7.63. The molecule has 0 aromatic heterocycles. The van der Waals surface area contributed by atoms with E-state index in [1.165, 1.54) is 5.56 Å². The van der Waals surface area contributed by atoms with Crippen LogP contribution in [0.5, 0.6) is 5.75 Å². The summed E-state index contributed by atoms with van der Waals surface area (Å²) in [5.41, 5.74) is 5.30. The predicted molar refractivity (Wildman–Crippen MR) is 111 cm³/mol. The lowest BCUT2D eigenvalue weighted by atomic mass is 9.88. The first-order chi connectivity index (χ1) is 12.2. The normalized spacial score (nSPS) is 24.6. The van der Waals surface area contributed by atoms with Crippen LogP contribution in [0.3, 0.4) is 0 Å². The summed E-state index contributed by atoms with van der Waals surface area (Å²) in [5, 5.41) is 6.97. The minimum atomic E-state index is -0.411. The average molecular weight is 358 g/mol. The third-order valence-corrected chi connectivity index (χ3v) is 5.39. The van der Waals surface area contributed by atoms with Crippen LogP contribution in [-0.4, -0.2) is 30.6 Å². The van der Waals surface area contributed by atoms with E-state index in [2.05, 4.69) is 77.3 Å². The monoisotopic (exact) mass is 357 g/mol. The molecule has 4 nitrogen and oxygen atoms in total. The quantitative estimate of drug-likeness (QED) is 0.791. The number of hydrogen-bond acceptors (Lipinski definition) is 4. The molecule has 1 aromatic rings. The SMILES string of the molecule is CCC(CC)N=C1C=C(C)NC(Oc2c(C)cc(C)cc2C)C1(C)NC. The maximum absolute atomic E-state index is 6.53. The molecule has 1 aliphatic rings. The lowest BCUT2D eigenvalue weighted by Gasteiger charge is -2.42. The largest absolute Gasteiger partial charge is 0.468 e. The van der Waals surface area contributed by atoms with Gasteiger partial charge in [-0.1, -0.05) is 31.5 Å². The third-order valence-electron chi connectivity index (χ3n) is 5.39. The average Bonchev–Trinajstić information content (AvgIpc) is 2.59. The molecule has 0 radical (unpaired) electrons. The van der Waals surface area contributed by atoms with Crippen LogP contribution in [0.1, 0.15) is 57.2 Å². The van der Waals surface area contributed by atoms with Crippen LogP contribution >= 0.6 is 0 Å². The van der Waals surface area contributed by atoms with Crippen molar-refractivity contribution in [3.63, 3.8) is 0 Å². The Balaban J connectivity index is 2.44. The van der Waals surface area contributed by atoms with Crippen LogP contribution in [0, 0.1) is 20.8 Å². The molecular formula is C22H35N3O. The van der Waals surface area contributed by atoms with Gasteiger partial charge in [-0.25, -0.2) is 0 Å². The van der Waals surface area contributed by atoms with Crippen LogP contribution in [0.2, 0.25) is 0 Å². The summed E-state index contributed by atoms with van der Waals surface area (Å²) in [7, 11) is 1.98. The number of rotatable bonds is 6. The van der Waals surface area contributed by atoms with E-state index in [1.807, 2.05) is 7.05 Å². The van der Waals surface area contributed by atoms with Gasteiger partial charge in [0.05, 0.1) is 5.71 Å². The molecule has 0 fully saturated rings. The van der Waals surface area contributed by atoms with Gasteiger partial charge >= 0.3 is 0 Å². The molecule has 2 N–H and O–H groups in total. The lowest BCUT2D eigenvalue weighted by Crippen LogP contribution is -2.65. The van der Waals surface area contributed by atoms with Crippen molar-refractivity contribution in [3.05, 3.63) is 40.6 Å². The molecule has 1 heterocycles. The first kappa shape index (κ1) is 20.5. The number of nitrogens with one attached hydrogen (secondary N) is 2. The highest BCUT2D eigenvalue weighted by atomic mass is 16.5. The topological polar surface area (TPSA) is 45.7 Å². The molecule has 2 rings (SSSR count). The molecule has 0 bridgehead atoms. The standard InChI is InChI=1S/C22H35N3O/c1-9-18(10-2)25-19-13-17(6)24-21(22(19,7)23-8)26-20-15(4)11-14(3)12-16(20)5/h11-13,18,21,23-24H,9-10H2,1-8H3. The van der Waals surface area contributed by atoms with Crippen molar-refractivity contribution >= 4 is 5.71 Å². The minimum absolute atomic E-state index is 0.231. The van der Waals surface area contributed by atoms with Gasteiger partial charge in [0.2, 0.25) is 0 Å². The van der Waals surface area contributed by atoms with Crippen LogP contribution < -0.4 is 15.4 Å². The van der Waals surface area contributed by atoms with Crippen molar-refractivity contribution in [2.45, 2.75) is 79.1 Å². The van der Waals surface area contributed by atoms with Crippen LogP contribution in [0.4, 0.5) is 0 Å². The molecule has 144 valence electrons. The van der Waals surface area contributed by atoms with E-state index in [-0.39, 0.29) is 6.23 Å². The van der Waals surface area contributed by atoms with Gasteiger partial charge in [-0.05, 0) is 71.7 Å². The van der Waals surface area contributed by atoms with E-state index in [0.29, 0.717) is 6.04 Å². The van der Waals surface area contributed by atoms with Crippen LogP contribution in [-0.2, 0) is 0 Å². The molecule has 0 saturated carbocycles. The van der Waals surface area contributed by atoms with E-state index in [1.54, 1.807) is 0 Å². The number of likely N-dealkylation sites (N-methyl/N-ethyl adjacent to an activating group) is 1. The Kier molecular flexibility index (Phi) is 6.51. The summed E-state index contributed by atoms with van der Waals surface area (Å²) in [4.78, 5) is 5.06. The Morgan fingerprint density at radius 1 is 1.15 bits per heavy atom. The Morgan fingerprint density at radius 3 is 2.23 bits per heavy atom. The fourth-order valence-electron chi connectivity index (χ4n) is 3.60. The maximum Gasteiger partial charge on any atom is 0.193 e. The third kappa shape index (κ3) is 4.12. The van der Waals surface area contributed by atoms with E-state index < -0.39 is 5.54 Å². The van der Waals surface area contributed by atoms with Crippen molar-refractivity contribution in [1.29, 1.82) is 0 Å². The Bertz CT molecular complexity index is 680. The molecule has 0 saturated heterocycles. The Labute approximate surface area is 159 Å². The van der Waals surface area contributed by atoms with Gasteiger partial charge < -0.3 is 15.4 Å². The van der Waals surface area contributed by atoms with E-state index >= 15 is 0 Å². The van der Waals surface area contributed by atoms with Crippen molar-refractivity contribution in [1.82, 2.24) is 10.6 Å². The summed E-state index contributed by atoms with van der Waals surface area (Å²) in [6.07, 6.45) is 4.00. The van der Waals surface area contributed by atoms with Gasteiger partial charge in [-0.3, -0.25) is 4.99 Å². The van der Waals surface area contributed by atoms with Crippen molar-refractivity contribution in [2.75, 3.05) is 7.05 Å². The summed E-state index contributed by atoms with van der Waals surface area (Å²) in [6.45, 7) is 15.0. The predicted octanol–water partition coefficient (Wildman–Crippen LogP) is 4.43. The van der Waals surface area contributed by atoms with Gasteiger partial charge in [0.1, 0.15) is 11.3 Å². The van der Waals surface area contributed by atoms with Crippen molar-refractivity contribution < 1.29 is 4.74 Å². The second kappa shape index (κ2) is 8.26. The zero-order chi connectivity index (χ0) is 19.5. The zero-order valence-corrected chi connectivity index (χ0v) is 17.7. The van der Waals surface area contributed by atoms with Crippen molar-refractivity contribution in [3.8, 4) is 5.75 Å². The number of hydrogen-bond donors (Lipinski definition) is 2. The number of ether oxygens (including phenoxy) is 1. The summed E-state index contributed by atoms with van der Waals surface area (Å²) >= 11 is 0. The molecule has 2 atom stereocenters. The fraction of sp³-hybridized carbons (Fsp3) is 0.591. The van der Waals surface area contributed by atoms with Crippen LogP contribution in [0.15, 0.2) is 28.9 Å². The molecular weight excluding hydrogens is 322 g/mol. The van der Waals surface area contributed by atoms with Gasteiger partial charge in [0, 0.05) is 11.7 Å². The second-order valence-corrected chi connectivity index (χ2v) is 7.63. The molecule has 0 spiro atoms. The van der Waals surface area contributed by atoms with Crippen molar-refractivity contribution in [2.24, 2.45) is 4.99 Å². The summed E-state index contributed by atoms with van der Waals surface area (Å²) in [6, 6.07) is 4.68. The Hall–Kier alpha value is -1.81. The zero-order valence-electron chi connectivity index (χ0n) is 17.7. The van der Waals surface area contributed by atoms with Crippen LogP contribution in [0.25, 0.3) is 0 Å². The molecule has 0 aliphatic carbocycles. The first-order valence-electron chi connectivity index (χ1n) is 9.71. The first-order valence-corrected chi connectivity index (χ1v) is 9.71. The van der Waals surface area contributed by atoms with Gasteiger partial charge in [0.25, 0.3) is 0 Å². The smallest absolute Gasteiger partial charge is 0.193 e. The van der Waals surface area contributed by atoms with E-state index in [4.69, 9.17) is 9.73 Å². The highest BCUT2D eigenvalue weighted by Crippen LogP contribution is 2.30. The maximum atomic E-state index is 6.53. The van der Waals surface area contributed by atoms with E-state index in [9.17, 15) is 0 Å².